The highest BCUT2D eigenvalue weighted by atomic mass is 32.2. The molecule has 94 valence electrons. The van der Waals surface area contributed by atoms with E-state index >= 15 is 0 Å². The lowest BCUT2D eigenvalue weighted by atomic mass is 10.3. The van der Waals surface area contributed by atoms with Gasteiger partial charge >= 0.3 is 6.18 Å². The molecule has 0 amide bonds. The fourth-order valence-electron chi connectivity index (χ4n) is 0.481. The van der Waals surface area contributed by atoms with Gasteiger partial charge < -0.3 is 5.32 Å². The SMILES string of the molecule is CNC.O=S(=O)(CCCC(F)(F)F)OF. The summed E-state index contributed by atoms with van der Waals surface area (Å²) in [6.45, 7) is 0. The fraction of sp³-hybridized carbons (Fsp3) is 1.00. The molecule has 0 aromatic heterocycles. The van der Waals surface area contributed by atoms with E-state index in [0.717, 1.165) is 0 Å². The van der Waals surface area contributed by atoms with Gasteiger partial charge in [0.25, 0.3) is 10.1 Å². The average molecular weight is 255 g/mol. The van der Waals surface area contributed by atoms with Crippen LogP contribution in [0.3, 0.4) is 0 Å². The Labute approximate surface area is 85.6 Å². The van der Waals surface area contributed by atoms with E-state index in [1.165, 1.54) is 0 Å². The van der Waals surface area contributed by atoms with Crippen molar-refractivity contribution < 1.29 is 30.5 Å². The maximum atomic E-state index is 11.4. The van der Waals surface area contributed by atoms with Crippen molar-refractivity contribution in [1.82, 2.24) is 5.32 Å². The third-order valence-electron chi connectivity index (χ3n) is 0.951. The van der Waals surface area contributed by atoms with E-state index in [0.29, 0.717) is 0 Å². The smallest absolute Gasteiger partial charge is 0.323 e. The molecule has 0 spiro atoms. The summed E-state index contributed by atoms with van der Waals surface area (Å²) >= 11 is 0. The minimum Gasteiger partial charge on any atom is -0.323 e. The summed E-state index contributed by atoms with van der Waals surface area (Å²) in [5, 5.41) is 2.75. The number of nitrogens with one attached hydrogen (secondary N) is 1. The monoisotopic (exact) mass is 255 g/mol. The Hall–Kier alpha value is -0.410. The lowest BCUT2D eigenvalue weighted by Gasteiger charge is -2.03. The summed E-state index contributed by atoms with van der Waals surface area (Å²) in [5.41, 5.74) is 0. The first-order valence-electron chi connectivity index (χ1n) is 3.86. The van der Waals surface area contributed by atoms with Gasteiger partial charge in [-0.3, -0.25) is 0 Å². The Morgan fingerprint density at radius 3 is 1.93 bits per heavy atom. The molecule has 0 aromatic carbocycles. The quantitative estimate of drug-likeness (QED) is 0.771. The number of hydrogen-bond acceptors (Lipinski definition) is 4. The molecular formula is C6H13F4NO3S. The summed E-state index contributed by atoms with van der Waals surface area (Å²) in [5.74, 6) is -0.969. The van der Waals surface area contributed by atoms with Gasteiger partial charge in [-0.05, 0) is 25.0 Å². The van der Waals surface area contributed by atoms with Crippen LogP contribution in [0.5, 0.6) is 0 Å². The second-order valence-electron chi connectivity index (χ2n) is 2.54. The Balaban J connectivity index is 0. The topological polar surface area (TPSA) is 55.4 Å². The lowest BCUT2D eigenvalue weighted by Crippen LogP contribution is -2.12. The van der Waals surface area contributed by atoms with Crippen LogP contribution in [0.15, 0.2) is 0 Å². The van der Waals surface area contributed by atoms with Crippen LogP contribution in [-0.2, 0) is 14.5 Å². The van der Waals surface area contributed by atoms with E-state index in [2.05, 4.69) is 9.70 Å². The van der Waals surface area contributed by atoms with E-state index in [4.69, 9.17) is 0 Å². The van der Waals surface area contributed by atoms with Crippen LogP contribution in [0.1, 0.15) is 12.8 Å². The number of rotatable bonds is 4. The van der Waals surface area contributed by atoms with Gasteiger partial charge in [0.05, 0.1) is 5.75 Å². The van der Waals surface area contributed by atoms with Crippen LogP contribution in [0, 0.1) is 0 Å². The van der Waals surface area contributed by atoms with Crippen LogP contribution < -0.4 is 5.32 Å². The largest absolute Gasteiger partial charge is 0.389 e. The van der Waals surface area contributed by atoms with Gasteiger partial charge in [0.2, 0.25) is 0 Å². The molecular weight excluding hydrogens is 242 g/mol. The van der Waals surface area contributed by atoms with E-state index in [1.807, 2.05) is 14.1 Å². The summed E-state index contributed by atoms with van der Waals surface area (Å²) in [6, 6.07) is 0. The molecule has 0 aliphatic carbocycles. The predicted octanol–water partition coefficient (Wildman–Crippen LogP) is 1.40. The third-order valence-corrected chi connectivity index (χ3v) is 1.93. The molecule has 0 heterocycles. The summed E-state index contributed by atoms with van der Waals surface area (Å²) in [7, 11) is -0.659. The molecule has 15 heavy (non-hydrogen) atoms. The fourth-order valence-corrected chi connectivity index (χ4v) is 1.04. The Kier molecular flexibility index (Phi) is 8.87. The van der Waals surface area contributed by atoms with Crippen molar-refractivity contribution in [2.45, 2.75) is 19.0 Å². The van der Waals surface area contributed by atoms with Crippen LogP contribution in [-0.4, -0.2) is 34.4 Å². The van der Waals surface area contributed by atoms with Gasteiger partial charge in [0.1, 0.15) is 0 Å². The van der Waals surface area contributed by atoms with Crippen molar-refractivity contribution in [2.24, 2.45) is 0 Å². The molecule has 0 atom stereocenters. The van der Waals surface area contributed by atoms with Crippen molar-refractivity contribution in [3.8, 4) is 0 Å². The second kappa shape index (κ2) is 7.83. The average Bonchev–Trinajstić information content (AvgIpc) is 2.03. The number of halogens is 4. The summed E-state index contributed by atoms with van der Waals surface area (Å²) in [6.07, 6.45) is -6.39. The van der Waals surface area contributed by atoms with Crippen molar-refractivity contribution in [3.63, 3.8) is 0 Å². The highest BCUT2D eigenvalue weighted by molar-refractivity contribution is 7.86. The highest BCUT2D eigenvalue weighted by Crippen LogP contribution is 2.21. The summed E-state index contributed by atoms with van der Waals surface area (Å²) < 4.78 is 67.9. The molecule has 0 rings (SSSR count). The molecule has 0 aliphatic rings. The Bertz CT molecular complexity index is 239. The molecule has 0 saturated carbocycles. The van der Waals surface area contributed by atoms with E-state index in [9.17, 15) is 26.1 Å². The van der Waals surface area contributed by atoms with Crippen molar-refractivity contribution in [3.05, 3.63) is 0 Å². The molecule has 4 nitrogen and oxygen atoms in total. The van der Waals surface area contributed by atoms with Crippen molar-refractivity contribution in [1.29, 1.82) is 0 Å². The molecule has 0 radical (unpaired) electrons. The van der Waals surface area contributed by atoms with Gasteiger partial charge in [-0.1, -0.05) is 4.39 Å². The van der Waals surface area contributed by atoms with E-state index < -0.39 is 34.9 Å². The van der Waals surface area contributed by atoms with Crippen LogP contribution >= 0.6 is 0 Å². The molecule has 9 heteroatoms. The standard InChI is InChI=1S/C4H6F4O3S.C2H7N/c5-4(6,7)2-1-3-12(9,10)11-8;1-3-2/h1-3H2;3H,1-2H3. The number of alkyl halides is 3. The van der Waals surface area contributed by atoms with Gasteiger partial charge in [0, 0.05) is 6.42 Å². The lowest BCUT2D eigenvalue weighted by molar-refractivity contribution is -0.134. The minimum atomic E-state index is -4.42. The number of hydrogen-bond donors (Lipinski definition) is 1. The zero-order valence-electron chi connectivity index (χ0n) is 8.27. The molecule has 0 unspecified atom stereocenters. The van der Waals surface area contributed by atoms with Crippen LogP contribution in [0.25, 0.3) is 0 Å². The predicted molar refractivity (Wildman–Crippen MR) is 46.3 cm³/mol. The molecule has 0 bridgehead atoms. The first kappa shape index (κ1) is 17.0. The van der Waals surface area contributed by atoms with Crippen molar-refractivity contribution >= 4 is 10.1 Å². The second-order valence-corrected chi connectivity index (χ2v) is 4.19. The Morgan fingerprint density at radius 2 is 1.67 bits per heavy atom. The maximum absolute atomic E-state index is 11.4. The maximum Gasteiger partial charge on any atom is 0.389 e. The normalized spacial score (nSPS) is 11.9. The van der Waals surface area contributed by atoms with Gasteiger partial charge in [-0.2, -0.15) is 21.6 Å². The van der Waals surface area contributed by atoms with Crippen LogP contribution in [0.4, 0.5) is 17.7 Å². The van der Waals surface area contributed by atoms with Crippen molar-refractivity contribution in [2.75, 3.05) is 19.8 Å². The first-order valence-corrected chi connectivity index (χ1v) is 5.44. The molecule has 0 aromatic rings. The van der Waals surface area contributed by atoms with Gasteiger partial charge in [0.15, 0.2) is 0 Å². The Morgan fingerprint density at radius 1 is 1.27 bits per heavy atom. The molecule has 1 N–H and O–H groups in total. The summed E-state index contributed by atoms with van der Waals surface area (Å²) in [4.78, 5) is 0. The van der Waals surface area contributed by atoms with E-state index in [1.54, 1.807) is 0 Å². The highest BCUT2D eigenvalue weighted by Gasteiger charge is 2.27. The molecule has 0 saturated heterocycles. The van der Waals surface area contributed by atoms with Crippen LogP contribution in [0.2, 0.25) is 0 Å². The van der Waals surface area contributed by atoms with E-state index in [-0.39, 0.29) is 0 Å². The zero-order chi connectivity index (χ0) is 12.5. The molecule has 0 fully saturated rings. The minimum absolute atomic E-state index is 0.699. The molecule has 0 aliphatic heterocycles. The zero-order valence-corrected chi connectivity index (χ0v) is 9.08. The third kappa shape index (κ3) is 16.3. The van der Waals surface area contributed by atoms with Gasteiger partial charge in [-0.15, -0.1) is 0 Å². The van der Waals surface area contributed by atoms with Gasteiger partial charge in [-0.25, -0.2) is 0 Å². The first-order chi connectivity index (χ1) is 6.68.